The maximum absolute atomic E-state index is 5.62. The van der Waals surface area contributed by atoms with Crippen LogP contribution in [0.15, 0.2) is 28.9 Å². The Morgan fingerprint density at radius 3 is 1.96 bits per heavy atom. The van der Waals surface area contributed by atoms with E-state index in [0.29, 0.717) is 11.9 Å². The molecule has 0 fully saturated rings. The van der Waals surface area contributed by atoms with Crippen molar-refractivity contribution in [2.24, 2.45) is 0 Å². The van der Waals surface area contributed by atoms with Crippen molar-refractivity contribution in [1.29, 1.82) is 0 Å². The fourth-order valence-corrected chi connectivity index (χ4v) is 3.07. The van der Waals surface area contributed by atoms with Crippen LogP contribution in [-0.4, -0.2) is 21.7 Å². The molecule has 144 valence electrons. The molecule has 5 heteroatoms. The zero-order valence-electron chi connectivity index (χ0n) is 16.3. The van der Waals surface area contributed by atoms with Crippen molar-refractivity contribution < 1.29 is 4.42 Å². The Bertz CT molecular complexity index is 570. The third-order valence-corrected chi connectivity index (χ3v) is 4.66. The van der Waals surface area contributed by atoms with Gasteiger partial charge in [0, 0.05) is 24.5 Å². The molecular formula is C21H34N4O. The van der Waals surface area contributed by atoms with E-state index in [9.17, 15) is 0 Å². The van der Waals surface area contributed by atoms with Crippen molar-refractivity contribution in [3.05, 3.63) is 24.5 Å². The summed E-state index contributed by atoms with van der Waals surface area (Å²) in [6, 6.07) is 4.23. The van der Waals surface area contributed by atoms with Gasteiger partial charge in [0.1, 0.15) is 0 Å². The van der Waals surface area contributed by atoms with E-state index in [-0.39, 0.29) is 0 Å². The van der Waals surface area contributed by atoms with Gasteiger partial charge in [-0.2, -0.15) is 0 Å². The van der Waals surface area contributed by atoms with Crippen LogP contribution in [0.4, 0.5) is 6.01 Å². The Morgan fingerprint density at radius 1 is 0.769 bits per heavy atom. The first kappa shape index (κ1) is 20.4. The van der Waals surface area contributed by atoms with Crippen LogP contribution < -0.4 is 5.32 Å². The summed E-state index contributed by atoms with van der Waals surface area (Å²) in [6.07, 6.45) is 19.8. The average Bonchev–Trinajstić information content (AvgIpc) is 3.15. The number of hydrogen-bond donors (Lipinski definition) is 1. The first-order chi connectivity index (χ1) is 12.9. The van der Waals surface area contributed by atoms with Crippen molar-refractivity contribution >= 4 is 6.01 Å². The summed E-state index contributed by atoms with van der Waals surface area (Å²) in [5, 5.41) is 11.3. The fraction of sp³-hybridized carbons (Fsp3) is 0.667. The van der Waals surface area contributed by atoms with Gasteiger partial charge in [0.2, 0.25) is 5.89 Å². The zero-order chi connectivity index (χ0) is 18.3. The molecule has 0 amide bonds. The largest absolute Gasteiger partial charge is 0.403 e. The van der Waals surface area contributed by atoms with Crippen molar-refractivity contribution in [3.8, 4) is 11.5 Å². The van der Waals surface area contributed by atoms with Gasteiger partial charge in [0.15, 0.2) is 0 Å². The van der Waals surface area contributed by atoms with E-state index in [1.165, 1.54) is 70.6 Å². The third kappa shape index (κ3) is 8.45. The van der Waals surface area contributed by atoms with Crippen LogP contribution in [0.25, 0.3) is 11.5 Å². The van der Waals surface area contributed by atoms with Crippen molar-refractivity contribution in [2.45, 2.75) is 84.0 Å². The molecule has 1 N–H and O–H groups in total. The van der Waals surface area contributed by atoms with E-state index >= 15 is 0 Å². The molecule has 0 aromatic carbocycles. The second kappa shape index (κ2) is 13.3. The molecule has 2 heterocycles. The Balaban J connectivity index is 1.42. The van der Waals surface area contributed by atoms with Crippen LogP contribution >= 0.6 is 0 Å². The van der Waals surface area contributed by atoms with Crippen LogP contribution in [0, 0.1) is 0 Å². The number of hydrogen-bond acceptors (Lipinski definition) is 5. The van der Waals surface area contributed by atoms with E-state index in [4.69, 9.17) is 4.42 Å². The summed E-state index contributed by atoms with van der Waals surface area (Å²) in [5.74, 6) is 0.532. The predicted molar refractivity (Wildman–Crippen MR) is 107 cm³/mol. The third-order valence-electron chi connectivity index (χ3n) is 4.66. The predicted octanol–water partition coefficient (Wildman–Crippen LogP) is 6.24. The quantitative estimate of drug-likeness (QED) is 0.381. The number of unbranched alkanes of at least 4 members (excludes halogenated alkanes) is 11. The van der Waals surface area contributed by atoms with Gasteiger partial charge in [-0.25, -0.2) is 0 Å². The molecule has 2 rings (SSSR count). The molecule has 0 saturated heterocycles. The van der Waals surface area contributed by atoms with Crippen molar-refractivity contribution in [2.75, 3.05) is 11.9 Å². The molecular weight excluding hydrogens is 324 g/mol. The lowest BCUT2D eigenvalue weighted by Crippen LogP contribution is -2.01. The molecule has 0 unspecified atom stereocenters. The van der Waals surface area contributed by atoms with Crippen LogP contribution in [-0.2, 0) is 0 Å². The molecule has 0 spiro atoms. The second-order valence-corrected chi connectivity index (χ2v) is 6.96. The zero-order valence-corrected chi connectivity index (χ0v) is 16.3. The monoisotopic (exact) mass is 358 g/mol. The average molecular weight is 359 g/mol. The van der Waals surface area contributed by atoms with Crippen LogP contribution in [0.3, 0.4) is 0 Å². The van der Waals surface area contributed by atoms with E-state index < -0.39 is 0 Å². The van der Waals surface area contributed by atoms with Crippen LogP contribution in [0.5, 0.6) is 0 Å². The first-order valence-electron chi connectivity index (χ1n) is 10.4. The number of rotatable bonds is 15. The highest BCUT2D eigenvalue weighted by atomic mass is 16.4. The molecule has 5 nitrogen and oxygen atoms in total. The topological polar surface area (TPSA) is 63.8 Å². The Labute approximate surface area is 158 Å². The number of nitrogens with zero attached hydrogens (tertiary/aromatic N) is 3. The highest BCUT2D eigenvalue weighted by Crippen LogP contribution is 2.18. The highest BCUT2D eigenvalue weighted by molar-refractivity contribution is 5.51. The number of anilines is 1. The summed E-state index contributed by atoms with van der Waals surface area (Å²) < 4.78 is 5.62. The van der Waals surface area contributed by atoms with Gasteiger partial charge < -0.3 is 9.73 Å². The van der Waals surface area contributed by atoms with E-state index in [1.807, 2.05) is 12.1 Å². The van der Waals surface area contributed by atoms with Crippen molar-refractivity contribution in [1.82, 2.24) is 15.2 Å². The van der Waals surface area contributed by atoms with E-state index in [2.05, 4.69) is 27.4 Å². The Kier molecular flexibility index (Phi) is 10.4. The van der Waals surface area contributed by atoms with E-state index in [1.54, 1.807) is 12.4 Å². The van der Waals surface area contributed by atoms with Crippen LogP contribution in [0.2, 0.25) is 0 Å². The molecule has 0 radical (unpaired) electrons. The van der Waals surface area contributed by atoms with Gasteiger partial charge in [-0.15, -0.1) is 5.10 Å². The molecule has 0 aliphatic heterocycles. The summed E-state index contributed by atoms with van der Waals surface area (Å²) >= 11 is 0. The lowest BCUT2D eigenvalue weighted by molar-refractivity contribution is 0.543. The van der Waals surface area contributed by atoms with Gasteiger partial charge in [-0.3, -0.25) is 4.98 Å². The number of aromatic nitrogens is 3. The van der Waals surface area contributed by atoms with Gasteiger partial charge in [0.25, 0.3) is 0 Å². The highest BCUT2D eigenvalue weighted by Gasteiger charge is 2.07. The van der Waals surface area contributed by atoms with Crippen LogP contribution in [0.1, 0.15) is 84.0 Å². The molecule has 0 saturated carbocycles. The van der Waals surface area contributed by atoms with Gasteiger partial charge in [-0.05, 0) is 18.6 Å². The summed E-state index contributed by atoms with van der Waals surface area (Å²) in [5.41, 5.74) is 0.894. The lowest BCUT2D eigenvalue weighted by atomic mass is 10.1. The second-order valence-electron chi connectivity index (χ2n) is 6.96. The normalized spacial score (nSPS) is 11.0. The summed E-state index contributed by atoms with van der Waals surface area (Å²) in [7, 11) is 0. The Morgan fingerprint density at radius 2 is 1.35 bits per heavy atom. The lowest BCUT2D eigenvalue weighted by Gasteiger charge is -2.03. The minimum Gasteiger partial charge on any atom is -0.403 e. The van der Waals surface area contributed by atoms with E-state index in [0.717, 1.165) is 18.5 Å². The van der Waals surface area contributed by atoms with Gasteiger partial charge in [0.05, 0.1) is 0 Å². The van der Waals surface area contributed by atoms with Gasteiger partial charge >= 0.3 is 6.01 Å². The first-order valence-corrected chi connectivity index (χ1v) is 10.4. The molecule has 0 aliphatic carbocycles. The maximum atomic E-state index is 5.62. The van der Waals surface area contributed by atoms with Gasteiger partial charge in [-0.1, -0.05) is 82.7 Å². The Hall–Kier alpha value is -1.91. The minimum absolute atomic E-state index is 0.500. The molecule has 0 bridgehead atoms. The molecule has 26 heavy (non-hydrogen) atoms. The smallest absolute Gasteiger partial charge is 0.315 e. The fourth-order valence-electron chi connectivity index (χ4n) is 3.07. The molecule has 2 aromatic rings. The number of pyridine rings is 1. The molecule has 2 aromatic heterocycles. The summed E-state index contributed by atoms with van der Waals surface area (Å²) in [6.45, 7) is 3.16. The number of nitrogens with one attached hydrogen (secondary N) is 1. The SMILES string of the molecule is CCCCCCCCCCCCCCNc1nnc(-c2ccncc2)o1. The minimum atomic E-state index is 0.500. The summed E-state index contributed by atoms with van der Waals surface area (Å²) in [4.78, 5) is 3.99. The molecule has 0 aliphatic rings. The standard InChI is InChI=1S/C21H34N4O/c1-2-3-4-5-6-7-8-9-10-11-12-13-16-23-21-25-24-20(26-21)19-14-17-22-18-15-19/h14-15,17-18H,2-13,16H2,1H3,(H,23,25). The maximum Gasteiger partial charge on any atom is 0.315 e. The van der Waals surface area contributed by atoms with Crippen molar-refractivity contribution in [3.63, 3.8) is 0 Å². The molecule has 0 atom stereocenters.